The lowest BCUT2D eigenvalue weighted by molar-refractivity contribution is 0.101. The van der Waals surface area contributed by atoms with Gasteiger partial charge in [-0.05, 0) is 96.5 Å². The molecule has 10 heteroatoms. The average molecular weight is 597 g/mol. The van der Waals surface area contributed by atoms with E-state index in [0.29, 0.717) is 48.9 Å². The van der Waals surface area contributed by atoms with E-state index in [0.717, 1.165) is 44.5 Å². The highest BCUT2D eigenvalue weighted by Crippen LogP contribution is 2.34. The van der Waals surface area contributed by atoms with Crippen LogP contribution in [0.1, 0.15) is 54.4 Å². The molecular weight excluding hydrogens is 556 g/mol. The monoisotopic (exact) mass is 596 g/mol. The number of hydrogen-bond donors (Lipinski definition) is 6. The van der Waals surface area contributed by atoms with Crippen molar-refractivity contribution in [2.24, 2.45) is 0 Å². The summed E-state index contributed by atoms with van der Waals surface area (Å²) in [6, 6.07) is 15.0. The Labute approximate surface area is 258 Å². The molecule has 0 saturated carbocycles. The molecule has 0 bridgehead atoms. The van der Waals surface area contributed by atoms with Gasteiger partial charge in [0.05, 0.1) is 13.2 Å². The van der Waals surface area contributed by atoms with Crippen molar-refractivity contribution in [2.45, 2.75) is 40.8 Å². The molecule has 0 fully saturated rings. The number of aliphatic hydroxyl groups is 2. The van der Waals surface area contributed by atoms with Crippen LogP contribution >= 0.6 is 0 Å². The van der Waals surface area contributed by atoms with Gasteiger partial charge >= 0.3 is 0 Å². The van der Waals surface area contributed by atoms with Crippen LogP contribution in [0.5, 0.6) is 0 Å². The Kier molecular flexibility index (Phi) is 11.3. The van der Waals surface area contributed by atoms with Gasteiger partial charge in [-0.3, -0.25) is 19.6 Å². The molecule has 2 amide bonds. The lowest BCUT2D eigenvalue weighted by Crippen LogP contribution is -2.19. The average Bonchev–Trinajstić information content (AvgIpc) is 3.01. The zero-order valence-electron chi connectivity index (χ0n) is 25.6. The summed E-state index contributed by atoms with van der Waals surface area (Å²) in [5.41, 5.74) is 9.40. The van der Waals surface area contributed by atoms with E-state index in [4.69, 9.17) is 10.2 Å². The summed E-state index contributed by atoms with van der Waals surface area (Å²) < 4.78 is 0. The van der Waals surface area contributed by atoms with Crippen molar-refractivity contribution in [1.82, 2.24) is 20.6 Å². The summed E-state index contributed by atoms with van der Waals surface area (Å²) in [5, 5.41) is 30.2. The van der Waals surface area contributed by atoms with Gasteiger partial charge in [0.25, 0.3) is 11.8 Å². The van der Waals surface area contributed by atoms with Crippen LogP contribution in [-0.2, 0) is 13.1 Å². The molecule has 0 aliphatic rings. The van der Waals surface area contributed by atoms with E-state index in [1.54, 1.807) is 24.5 Å². The van der Waals surface area contributed by atoms with Gasteiger partial charge in [0.15, 0.2) is 0 Å². The van der Waals surface area contributed by atoms with E-state index in [1.165, 1.54) is 0 Å². The van der Waals surface area contributed by atoms with E-state index in [9.17, 15) is 9.59 Å². The summed E-state index contributed by atoms with van der Waals surface area (Å²) in [6.07, 6.45) is 3.37. The number of nitrogens with zero attached hydrogens (tertiary/aromatic N) is 2. The number of benzene rings is 2. The zero-order valence-corrected chi connectivity index (χ0v) is 25.6. The third-order valence-corrected chi connectivity index (χ3v) is 7.57. The second kappa shape index (κ2) is 15.3. The maximum Gasteiger partial charge on any atom is 0.274 e. The van der Waals surface area contributed by atoms with Crippen LogP contribution in [0.15, 0.2) is 60.9 Å². The molecule has 230 valence electrons. The second-order valence-electron chi connectivity index (χ2n) is 10.7. The molecular formula is C34H40N6O4. The molecule has 2 aromatic carbocycles. The molecule has 6 N–H and O–H groups in total. The molecule has 2 heterocycles. The number of carbonyl (C=O) groups excluding carboxylic acids is 2. The summed E-state index contributed by atoms with van der Waals surface area (Å²) in [4.78, 5) is 35.0. The first kappa shape index (κ1) is 32.4. The highest BCUT2D eigenvalue weighted by atomic mass is 16.3. The number of rotatable bonds is 13. The van der Waals surface area contributed by atoms with Crippen molar-refractivity contribution in [3.05, 3.63) is 106 Å². The first-order valence-corrected chi connectivity index (χ1v) is 14.6. The third kappa shape index (κ3) is 7.91. The molecule has 2 aromatic heterocycles. The number of pyridine rings is 2. The lowest BCUT2D eigenvalue weighted by Gasteiger charge is -2.17. The van der Waals surface area contributed by atoms with E-state index in [-0.39, 0.29) is 25.0 Å². The predicted octanol–water partition coefficient (Wildman–Crippen LogP) is 4.05. The fourth-order valence-electron chi connectivity index (χ4n) is 4.89. The molecule has 0 spiro atoms. The normalized spacial score (nSPS) is 11.0. The molecule has 0 aliphatic heterocycles. The van der Waals surface area contributed by atoms with Crippen LogP contribution in [0.25, 0.3) is 11.1 Å². The van der Waals surface area contributed by atoms with Crippen LogP contribution in [0.4, 0.5) is 11.4 Å². The van der Waals surface area contributed by atoms with Gasteiger partial charge < -0.3 is 31.5 Å². The van der Waals surface area contributed by atoms with Crippen LogP contribution in [0.2, 0.25) is 0 Å². The summed E-state index contributed by atoms with van der Waals surface area (Å²) in [5.74, 6) is -0.613. The quantitative estimate of drug-likeness (QED) is 0.127. The minimum atomic E-state index is -0.307. The van der Waals surface area contributed by atoms with Gasteiger partial charge in [-0.2, -0.15) is 0 Å². The Morgan fingerprint density at radius 3 is 1.43 bits per heavy atom. The summed E-state index contributed by atoms with van der Waals surface area (Å²) in [6.45, 7) is 9.98. The molecule has 4 rings (SSSR count). The highest BCUT2D eigenvalue weighted by molar-refractivity contribution is 6.05. The first-order chi connectivity index (χ1) is 21.2. The highest BCUT2D eigenvalue weighted by Gasteiger charge is 2.17. The van der Waals surface area contributed by atoms with Crippen molar-refractivity contribution in [2.75, 3.05) is 36.9 Å². The van der Waals surface area contributed by atoms with Gasteiger partial charge in [0.1, 0.15) is 11.4 Å². The van der Waals surface area contributed by atoms with Crippen molar-refractivity contribution >= 4 is 23.2 Å². The third-order valence-electron chi connectivity index (χ3n) is 7.57. The SMILES string of the molecule is Cc1cc(C(=O)Nc2cccc(-c3cccc(NC(=O)c4cc(C)c(CNCCO)cn4)c3C)c2C)ncc1CNCCO. The number of anilines is 2. The molecule has 0 saturated heterocycles. The van der Waals surface area contributed by atoms with Crippen LogP contribution in [0.3, 0.4) is 0 Å². The van der Waals surface area contributed by atoms with Gasteiger partial charge in [-0.25, -0.2) is 0 Å². The zero-order chi connectivity index (χ0) is 31.6. The molecule has 0 aliphatic carbocycles. The minimum absolute atomic E-state index is 0.0570. The smallest absolute Gasteiger partial charge is 0.274 e. The Balaban J connectivity index is 1.50. The maximum atomic E-state index is 13.1. The predicted molar refractivity (Wildman–Crippen MR) is 173 cm³/mol. The topological polar surface area (TPSA) is 148 Å². The molecule has 10 nitrogen and oxygen atoms in total. The first-order valence-electron chi connectivity index (χ1n) is 14.6. The van der Waals surface area contributed by atoms with E-state index < -0.39 is 0 Å². The maximum absolute atomic E-state index is 13.1. The Hall–Kier alpha value is -4.48. The van der Waals surface area contributed by atoms with Crippen molar-refractivity contribution in [3.63, 3.8) is 0 Å². The van der Waals surface area contributed by atoms with E-state index in [2.05, 4.69) is 31.2 Å². The molecule has 44 heavy (non-hydrogen) atoms. The van der Waals surface area contributed by atoms with Crippen molar-refractivity contribution < 1.29 is 19.8 Å². The fourth-order valence-corrected chi connectivity index (χ4v) is 4.89. The lowest BCUT2D eigenvalue weighted by atomic mass is 9.94. The van der Waals surface area contributed by atoms with Gasteiger partial charge in [-0.1, -0.05) is 24.3 Å². The van der Waals surface area contributed by atoms with Gasteiger partial charge in [0, 0.05) is 49.9 Å². The van der Waals surface area contributed by atoms with E-state index in [1.807, 2.05) is 64.1 Å². The number of hydrogen-bond acceptors (Lipinski definition) is 8. The molecule has 4 aromatic rings. The van der Waals surface area contributed by atoms with Crippen molar-refractivity contribution in [3.8, 4) is 11.1 Å². The molecule has 0 unspecified atom stereocenters. The number of aliphatic hydroxyl groups excluding tert-OH is 2. The summed E-state index contributed by atoms with van der Waals surface area (Å²) in [7, 11) is 0. The molecule has 0 atom stereocenters. The minimum Gasteiger partial charge on any atom is -0.395 e. The summed E-state index contributed by atoms with van der Waals surface area (Å²) >= 11 is 0. The fraction of sp³-hybridized carbons (Fsp3) is 0.294. The van der Waals surface area contributed by atoms with Crippen LogP contribution < -0.4 is 21.3 Å². The number of aryl methyl sites for hydroxylation is 2. The Morgan fingerprint density at radius 2 is 1.07 bits per heavy atom. The Morgan fingerprint density at radius 1 is 0.659 bits per heavy atom. The van der Waals surface area contributed by atoms with E-state index >= 15 is 0 Å². The second-order valence-corrected chi connectivity index (χ2v) is 10.7. The standard InChI is InChI=1S/C34H40N6O4/c1-21-15-31(37-19-25(21)17-35-11-13-41)33(43)39-29-9-5-7-27(23(29)3)28-8-6-10-30(24(28)4)40-34(44)32-16-22(2)26(20-38-32)18-36-12-14-42/h5-10,15-16,19-20,35-36,41-42H,11-14,17-18H2,1-4H3,(H,39,43)(H,40,44). The number of carbonyl (C=O) groups is 2. The largest absolute Gasteiger partial charge is 0.395 e. The van der Waals surface area contributed by atoms with Gasteiger partial charge in [0.2, 0.25) is 0 Å². The van der Waals surface area contributed by atoms with Crippen LogP contribution in [0, 0.1) is 27.7 Å². The van der Waals surface area contributed by atoms with Gasteiger partial charge in [-0.15, -0.1) is 0 Å². The van der Waals surface area contributed by atoms with Crippen LogP contribution in [-0.4, -0.2) is 58.3 Å². The van der Waals surface area contributed by atoms with Crippen molar-refractivity contribution in [1.29, 1.82) is 0 Å². The molecule has 0 radical (unpaired) electrons. The number of aromatic nitrogens is 2. The number of nitrogens with one attached hydrogen (secondary N) is 4. The Bertz CT molecular complexity index is 1520. The number of amides is 2.